The number of hydrogen-bond acceptors (Lipinski definition) is 5. The van der Waals surface area contributed by atoms with Gasteiger partial charge in [0.25, 0.3) is 0 Å². The van der Waals surface area contributed by atoms with Crippen LogP contribution in [0.5, 0.6) is 0 Å². The van der Waals surface area contributed by atoms with Crippen molar-refractivity contribution in [3.05, 3.63) is 51.5 Å². The number of esters is 1. The van der Waals surface area contributed by atoms with E-state index in [1.807, 2.05) is 13.8 Å². The molecule has 1 saturated carbocycles. The summed E-state index contributed by atoms with van der Waals surface area (Å²) in [7, 11) is 0. The van der Waals surface area contributed by atoms with Crippen LogP contribution in [-0.4, -0.2) is 36.6 Å². The molecule has 1 heterocycles. The van der Waals surface area contributed by atoms with Gasteiger partial charge in [-0.05, 0) is 51.5 Å². The molecule has 1 aromatic carbocycles. The first-order chi connectivity index (χ1) is 14.0. The van der Waals surface area contributed by atoms with Gasteiger partial charge < -0.3 is 15.4 Å². The summed E-state index contributed by atoms with van der Waals surface area (Å²) in [5.41, 5.74) is 2.12. The van der Waals surface area contributed by atoms with Gasteiger partial charge in [0.1, 0.15) is 9.88 Å². The highest BCUT2D eigenvalue weighted by Gasteiger charge is 2.37. The second-order valence-corrected chi connectivity index (χ2v) is 8.32. The minimum absolute atomic E-state index is 0.0520. The number of nitrogens with one attached hydrogen (secondary N) is 2. The van der Waals surface area contributed by atoms with Crippen molar-refractivity contribution in [3.63, 3.8) is 0 Å². The third-order valence-corrected chi connectivity index (χ3v) is 6.30. The number of aromatic nitrogens is 1. The van der Waals surface area contributed by atoms with Crippen molar-refractivity contribution in [1.82, 2.24) is 15.6 Å². The number of benzene rings is 1. The molecule has 29 heavy (non-hydrogen) atoms. The predicted molar refractivity (Wildman–Crippen MR) is 118 cm³/mol. The van der Waals surface area contributed by atoms with Gasteiger partial charge in [0, 0.05) is 13.1 Å². The first-order valence-electron chi connectivity index (χ1n) is 10.3. The molecule has 1 fully saturated rings. The van der Waals surface area contributed by atoms with Crippen LogP contribution in [-0.2, 0) is 4.74 Å². The van der Waals surface area contributed by atoms with E-state index in [-0.39, 0.29) is 12.0 Å². The lowest BCUT2D eigenvalue weighted by atomic mass is 10.1. The van der Waals surface area contributed by atoms with Crippen molar-refractivity contribution >= 4 is 23.3 Å². The molecule has 0 radical (unpaired) electrons. The van der Waals surface area contributed by atoms with Crippen LogP contribution < -0.4 is 10.6 Å². The van der Waals surface area contributed by atoms with Crippen molar-refractivity contribution < 1.29 is 9.53 Å². The van der Waals surface area contributed by atoms with Crippen molar-refractivity contribution in [2.24, 2.45) is 10.9 Å². The molecular formula is C22H30N4O2S. The summed E-state index contributed by atoms with van der Waals surface area (Å²) < 4.78 is 5.11. The second-order valence-electron chi connectivity index (χ2n) is 7.29. The number of carbonyl (C=O) groups is 1. The molecule has 1 aromatic heterocycles. The highest BCUT2D eigenvalue weighted by atomic mass is 32.1. The summed E-state index contributed by atoms with van der Waals surface area (Å²) in [6, 6.07) is 10.6. The van der Waals surface area contributed by atoms with E-state index in [0.717, 1.165) is 24.1 Å². The van der Waals surface area contributed by atoms with Gasteiger partial charge in [0.2, 0.25) is 0 Å². The van der Waals surface area contributed by atoms with Gasteiger partial charge in [-0.1, -0.05) is 30.3 Å². The quantitative estimate of drug-likeness (QED) is 0.387. The number of rotatable bonds is 8. The van der Waals surface area contributed by atoms with Gasteiger partial charge in [0.05, 0.1) is 18.3 Å². The summed E-state index contributed by atoms with van der Waals surface area (Å²) in [4.78, 5) is 22.0. The van der Waals surface area contributed by atoms with Gasteiger partial charge in [-0.2, -0.15) is 0 Å². The summed E-state index contributed by atoms with van der Waals surface area (Å²) in [6.07, 6.45) is 1.19. The number of carbonyl (C=O) groups excluding carboxylic acids is 1. The molecule has 0 saturated heterocycles. The number of ether oxygens (including phenoxy) is 1. The lowest BCUT2D eigenvalue weighted by Crippen LogP contribution is -2.38. The van der Waals surface area contributed by atoms with Crippen LogP contribution >= 0.6 is 11.3 Å². The van der Waals surface area contributed by atoms with E-state index in [0.29, 0.717) is 29.0 Å². The minimum Gasteiger partial charge on any atom is -0.462 e. The SMILES string of the molecule is CCNC(=NCC1CC1c1ccccc1)NC(C)c1nc(C)c(C(=O)OCC)s1. The Morgan fingerprint density at radius 3 is 2.79 bits per heavy atom. The monoisotopic (exact) mass is 414 g/mol. The molecule has 0 aliphatic heterocycles. The maximum absolute atomic E-state index is 12.0. The molecule has 3 rings (SSSR count). The Hall–Kier alpha value is -2.41. The number of hydrogen-bond donors (Lipinski definition) is 2. The molecule has 6 nitrogen and oxygen atoms in total. The maximum atomic E-state index is 12.0. The molecule has 0 spiro atoms. The Kier molecular flexibility index (Phi) is 7.25. The Bertz CT molecular complexity index is 850. The average Bonchev–Trinajstić information content (AvgIpc) is 3.39. The van der Waals surface area contributed by atoms with Gasteiger partial charge in [-0.3, -0.25) is 4.99 Å². The molecule has 2 N–H and O–H groups in total. The fourth-order valence-corrected chi connectivity index (χ4v) is 4.30. The molecule has 1 aliphatic rings. The topological polar surface area (TPSA) is 75.6 Å². The van der Waals surface area contributed by atoms with Gasteiger partial charge in [-0.25, -0.2) is 9.78 Å². The van der Waals surface area contributed by atoms with E-state index in [9.17, 15) is 4.79 Å². The summed E-state index contributed by atoms with van der Waals surface area (Å²) in [5.74, 6) is 1.70. The molecule has 0 bridgehead atoms. The predicted octanol–water partition coefficient (Wildman–Crippen LogP) is 4.05. The molecule has 1 aliphatic carbocycles. The molecule has 3 atom stereocenters. The van der Waals surface area contributed by atoms with E-state index in [1.165, 1.54) is 23.3 Å². The van der Waals surface area contributed by atoms with E-state index < -0.39 is 0 Å². The number of guanidine groups is 1. The lowest BCUT2D eigenvalue weighted by molar-refractivity contribution is 0.0531. The van der Waals surface area contributed by atoms with E-state index in [4.69, 9.17) is 9.73 Å². The number of aryl methyl sites for hydroxylation is 1. The fraction of sp³-hybridized carbons (Fsp3) is 0.500. The van der Waals surface area contributed by atoms with Gasteiger partial charge >= 0.3 is 5.97 Å². The Morgan fingerprint density at radius 2 is 2.10 bits per heavy atom. The zero-order valence-corrected chi connectivity index (χ0v) is 18.4. The molecule has 3 unspecified atom stereocenters. The number of thiazole rings is 1. The highest BCUT2D eigenvalue weighted by molar-refractivity contribution is 7.13. The highest BCUT2D eigenvalue weighted by Crippen LogP contribution is 2.47. The second kappa shape index (κ2) is 9.87. The maximum Gasteiger partial charge on any atom is 0.350 e. The number of aliphatic imine (C=N–C) groups is 1. The summed E-state index contributed by atoms with van der Waals surface area (Å²) in [6.45, 7) is 9.68. The summed E-state index contributed by atoms with van der Waals surface area (Å²) in [5, 5.41) is 7.58. The largest absolute Gasteiger partial charge is 0.462 e. The van der Waals surface area contributed by atoms with Crippen LogP contribution in [0.25, 0.3) is 0 Å². The lowest BCUT2D eigenvalue weighted by Gasteiger charge is -2.16. The molecule has 0 amide bonds. The first-order valence-corrected chi connectivity index (χ1v) is 11.1. The molecular weight excluding hydrogens is 384 g/mol. The average molecular weight is 415 g/mol. The van der Waals surface area contributed by atoms with Crippen LogP contribution in [0, 0.1) is 12.8 Å². The Morgan fingerprint density at radius 1 is 1.34 bits per heavy atom. The van der Waals surface area contributed by atoms with Crippen molar-refractivity contribution in [1.29, 1.82) is 0 Å². The van der Waals surface area contributed by atoms with Crippen molar-refractivity contribution in [2.75, 3.05) is 19.7 Å². The molecule has 156 valence electrons. The smallest absolute Gasteiger partial charge is 0.350 e. The Labute approximate surface area is 176 Å². The minimum atomic E-state index is -0.304. The van der Waals surface area contributed by atoms with Crippen LogP contribution in [0.1, 0.15) is 65.1 Å². The van der Waals surface area contributed by atoms with Crippen LogP contribution in [0.15, 0.2) is 35.3 Å². The van der Waals surface area contributed by atoms with Crippen LogP contribution in [0.2, 0.25) is 0 Å². The van der Waals surface area contributed by atoms with E-state index >= 15 is 0 Å². The standard InChI is InChI=1S/C22H30N4O2S/c1-5-23-22(24-13-17-12-18(17)16-10-8-7-9-11-16)26-15(4)20-25-14(3)19(29-20)21(27)28-6-2/h7-11,15,17-18H,5-6,12-13H2,1-4H3,(H2,23,24,26). The van der Waals surface area contributed by atoms with E-state index in [2.05, 4.69) is 52.9 Å². The number of nitrogens with zero attached hydrogens (tertiary/aromatic N) is 2. The summed E-state index contributed by atoms with van der Waals surface area (Å²) >= 11 is 1.38. The van der Waals surface area contributed by atoms with Crippen molar-refractivity contribution in [2.45, 2.75) is 46.1 Å². The normalized spacial score (nSPS) is 19.5. The molecule has 7 heteroatoms. The van der Waals surface area contributed by atoms with Crippen molar-refractivity contribution in [3.8, 4) is 0 Å². The first kappa shape index (κ1) is 21.3. The van der Waals surface area contributed by atoms with Gasteiger partial charge in [-0.15, -0.1) is 11.3 Å². The van der Waals surface area contributed by atoms with Gasteiger partial charge in [0.15, 0.2) is 5.96 Å². The van der Waals surface area contributed by atoms with Crippen LogP contribution in [0.4, 0.5) is 0 Å². The zero-order chi connectivity index (χ0) is 20.8. The van der Waals surface area contributed by atoms with Crippen LogP contribution in [0.3, 0.4) is 0 Å². The Balaban J connectivity index is 1.61. The van der Waals surface area contributed by atoms with E-state index in [1.54, 1.807) is 6.92 Å². The zero-order valence-electron chi connectivity index (χ0n) is 17.6. The third kappa shape index (κ3) is 5.56. The third-order valence-electron chi connectivity index (χ3n) is 4.98. The molecule has 2 aromatic rings. The fourth-order valence-electron chi connectivity index (χ4n) is 3.34.